The van der Waals surface area contributed by atoms with Gasteiger partial charge in [0.25, 0.3) is 5.91 Å². The molecule has 0 aliphatic carbocycles. The van der Waals surface area contributed by atoms with E-state index in [9.17, 15) is 14.9 Å². The molecule has 0 unspecified atom stereocenters. The molecule has 3 aromatic rings. The van der Waals surface area contributed by atoms with Crippen LogP contribution in [0.5, 0.6) is 11.5 Å². The van der Waals surface area contributed by atoms with Crippen LogP contribution in [-0.4, -0.2) is 23.1 Å². The zero-order chi connectivity index (χ0) is 24.0. The number of rotatable bonds is 7. The molecule has 0 saturated heterocycles. The number of benzene rings is 2. The standard InChI is InChI=1S/C26H25N3O4/c1-5-32-24-10-6-22(7-11-24)28-26(31)21(16-27)15-20-14-17(2)29(18(20)3)23-8-12-25(13-9-23)33-19(4)30/h6-15H,5H2,1-4H3,(H,28,31)/b21-15-. The van der Waals surface area contributed by atoms with Gasteiger partial charge in [0.1, 0.15) is 23.1 Å². The van der Waals surface area contributed by atoms with Crippen LogP contribution in [0.15, 0.2) is 60.2 Å². The van der Waals surface area contributed by atoms with Gasteiger partial charge >= 0.3 is 5.97 Å². The monoisotopic (exact) mass is 443 g/mol. The van der Waals surface area contributed by atoms with Crippen LogP contribution in [0.25, 0.3) is 11.8 Å². The quantitative estimate of drug-likeness (QED) is 0.241. The topological polar surface area (TPSA) is 93.3 Å². The third kappa shape index (κ3) is 5.69. The lowest BCUT2D eigenvalue weighted by molar-refractivity contribution is -0.131. The fourth-order valence-corrected chi connectivity index (χ4v) is 3.46. The average molecular weight is 444 g/mol. The maximum atomic E-state index is 12.7. The summed E-state index contributed by atoms with van der Waals surface area (Å²) in [6.07, 6.45) is 1.58. The molecule has 2 aromatic carbocycles. The number of anilines is 1. The van der Waals surface area contributed by atoms with Gasteiger partial charge in [-0.05, 0) is 87.0 Å². The molecule has 7 nitrogen and oxygen atoms in total. The van der Waals surface area contributed by atoms with Crippen molar-refractivity contribution in [2.24, 2.45) is 0 Å². The highest BCUT2D eigenvalue weighted by molar-refractivity contribution is 6.09. The maximum Gasteiger partial charge on any atom is 0.308 e. The minimum atomic E-state index is -0.489. The van der Waals surface area contributed by atoms with E-state index in [0.29, 0.717) is 23.8 Å². The maximum absolute atomic E-state index is 12.7. The van der Waals surface area contributed by atoms with Crippen molar-refractivity contribution in [2.45, 2.75) is 27.7 Å². The molecule has 0 radical (unpaired) electrons. The number of aromatic nitrogens is 1. The average Bonchev–Trinajstić information content (AvgIpc) is 3.06. The van der Waals surface area contributed by atoms with E-state index in [0.717, 1.165) is 22.6 Å². The molecule has 1 aromatic heterocycles. The summed E-state index contributed by atoms with van der Waals surface area (Å²) in [6, 6.07) is 18.0. The molecule has 1 heterocycles. The number of esters is 1. The Morgan fingerprint density at radius 1 is 1.06 bits per heavy atom. The van der Waals surface area contributed by atoms with Crippen LogP contribution < -0.4 is 14.8 Å². The van der Waals surface area contributed by atoms with Gasteiger partial charge < -0.3 is 19.4 Å². The molecule has 0 spiro atoms. The number of nitriles is 1. The molecule has 0 bridgehead atoms. The predicted octanol–water partition coefficient (Wildman–Crippen LogP) is 4.96. The van der Waals surface area contributed by atoms with E-state index in [1.54, 1.807) is 42.5 Å². The van der Waals surface area contributed by atoms with E-state index in [-0.39, 0.29) is 11.5 Å². The van der Waals surface area contributed by atoms with Gasteiger partial charge in [-0.25, -0.2) is 0 Å². The first kappa shape index (κ1) is 23.4. The van der Waals surface area contributed by atoms with Crippen LogP contribution in [0.2, 0.25) is 0 Å². The minimum Gasteiger partial charge on any atom is -0.494 e. The summed E-state index contributed by atoms with van der Waals surface area (Å²) in [5.41, 5.74) is 4.00. The first-order chi connectivity index (χ1) is 15.8. The lowest BCUT2D eigenvalue weighted by Crippen LogP contribution is -2.13. The van der Waals surface area contributed by atoms with Crippen LogP contribution in [0.3, 0.4) is 0 Å². The highest BCUT2D eigenvalue weighted by Crippen LogP contribution is 2.25. The highest BCUT2D eigenvalue weighted by Gasteiger charge is 2.14. The second-order valence-electron chi connectivity index (χ2n) is 7.33. The van der Waals surface area contributed by atoms with Crippen molar-refractivity contribution in [1.82, 2.24) is 4.57 Å². The minimum absolute atomic E-state index is 0.00524. The third-order valence-corrected chi connectivity index (χ3v) is 4.91. The van der Waals surface area contributed by atoms with Gasteiger partial charge in [0.2, 0.25) is 0 Å². The normalized spacial score (nSPS) is 10.9. The van der Waals surface area contributed by atoms with Gasteiger partial charge in [-0.2, -0.15) is 5.26 Å². The van der Waals surface area contributed by atoms with E-state index in [1.165, 1.54) is 6.92 Å². The molecule has 1 amide bonds. The Hall–Kier alpha value is -4.31. The smallest absolute Gasteiger partial charge is 0.308 e. The van der Waals surface area contributed by atoms with Crippen LogP contribution in [0, 0.1) is 25.2 Å². The fourth-order valence-electron chi connectivity index (χ4n) is 3.46. The van der Waals surface area contributed by atoms with Crippen molar-refractivity contribution >= 4 is 23.6 Å². The summed E-state index contributed by atoms with van der Waals surface area (Å²) in [5, 5.41) is 12.3. The summed E-state index contributed by atoms with van der Waals surface area (Å²) in [6.45, 7) is 7.66. The van der Waals surface area contributed by atoms with Crippen molar-refractivity contribution in [3.63, 3.8) is 0 Å². The number of hydrogen-bond donors (Lipinski definition) is 1. The summed E-state index contributed by atoms with van der Waals surface area (Å²) in [4.78, 5) is 23.8. The zero-order valence-electron chi connectivity index (χ0n) is 19.0. The molecule has 1 N–H and O–H groups in total. The Labute approximate surface area is 192 Å². The molecule has 0 fully saturated rings. The van der Waals surface area contributed by atoms with Crippen LogP contribution >= 0.6 is 0 Å². The molecule has 3 rings (SSSR count). The summed E-state index contributed by atoms with van der Waals surface area (Å²) < 4.78 is 12.5. The van der Waals surface area contributed by atoms with Crippen LogP contribution in [-0.2, 0) is 9.59 Å². The summed E-state index contributed by atoms with van der Waals surface area (Å²) in [7, 11) is 0. The molecular weight excluding hydrogens is 418 g/mol. The van der Waals surface area contributed by atoms with Gasteiger partial charge in [0.05, 0.1) is 6.61 Å². The van der Waals surface area contributed by atoms with E-state index in [4.69, 9.17) is 9.47 Å². The zero-order valence-corrected chi connectivity index (χ0v) is 19.0. The molecule has 33 heavy (non-hydrogen) atoms. The number of carbonyl (C=O) groups is 2. The Balaban J connectivity index is 1.83. The first-order valence-corrected chi connectivity index (χ1v) is 10.5. The number of ether oxygens (including phenoxy) is 2. The Kier molecular flexibility index (Phi) is 7.31. The molecule has 0 aliphatic heterocycles. The number of hydrogen-bond acceptors (Lipinski definition) is 5. The van der Waals surface area contributed by atoms with E-state index in [1.807, 2.05) is 49.6 Å². The van der Waals surface area contributed by atoms with Crippen LogP contribution in [0.4, 0.5) is 5.69 Å². The van der Waals surface area contributed by atoms with Gasteiger partial charge in [0, 0.05) is 29.7 Å². The van der Waals surface area contributed by atoms with Crippen molar-refractivity contribution in [1.29, 1.82) is 5.26 Å². The fraction of sp³-hybridized carbons (Fsp3) is 0.192. The second-order valence-corrected chi connectivity index (χ2v) is 7.33. The lowest BCUT2D eigenvalue weighted by Gasteiger charge is -2.10. The Morgan fingerprint density at radius 3 is 2.27 bits per heavy atom. The van der Waals surface area contributed by atoms with Gasteiger partial charge in [-0.3, -0.25) is 9.59 Å². The Bertz CT molecular complexity index is 1230. The van der Waals surface area contributed by atoms with Crippen molar-refractivity contribution in [2.75, 3.05) is 11.9 Å². The molecular formula is C26H25N3O4. The van der Waals surface area contributed by atoms with Crippen LogP contribution in [0.1, 0.15) is 30.8 Å². The number of carbonyl (C=O) groups excluding carboxylic acids is 2. The second kappa shape index (κ2) is 10.3. The Morgan fingerprint density at radius 2 is 1.70 bits per heavy atom. The number of nitrogens with zero attached hydrogens (tertiary/aromatic N) is 2. The first-order valence-electron chi connectivity index (χ1n) is 10.5. The summed E-state index contributed by atoms with van der Waals surface area (Å²) in [5.74, 6) is 0.305. The van der Waals surface area contributed by atoms with Gasteiger partial charge in [-0.1, -0.05) is 0 Å². The molecule has 0 atom stereocenters. The number of amides is 1. The number of aryl methyl sites for hydroxylation is 1. The van der Waals surface area contributed by atoms with E-state index >= 15 is 0 Å². The lowest BCUT2D eigenvalue weighted by atomic mass is 10.1. The highest BCUT2D eigenvalue weighted by atomic mass is 16.5. The predicted molar refractivity (Wildman–Crippen MR) is 126 cm³/mol. The van der Waals surface area contributed by atoms with Crippen molar-refractivity contribution in [3.8, 4) is 23.3 Å². The SMILES string of the molecule is CCOc1ccc(NC(=O)/C(C#N)=C\c2cc(C)n(-c3ccc(OC(C)=O)cc3)c2C)cc1. The van der Waals surface area contributed by atoms with E-state index < -0.39 is 5.91 Å². The molecule has 0 saturated carbocycles. The molecule has 0 aliphatic rings. The molecule has 7 heteroatoms. The number of nitrogens with one attached hydrogen (secondary N) is 1. The summed E-state index contributed by atoms with van der Waals surface area (Å²) >= 11 is 0. The van der Waals surface area contributed by atoms with E-state index in [2.05, 4.69) is 5.32 Å². The van der Waals surface area contributed by atoms with Crippen molar-refractivity contribution < 1.29 is 19.1 Å². The largest absolute Gasteiger partial charge is 0.494 e. The third-order valence-electron chi connectivity index (χ3n) is 4.91. The molecule has 168 valence electrons. The van der Waals surface area contributed by atoms with Crippen molar-refractivity contribution in [3.05, 3.63) is 77.1 Å². The van der Waals surface area contributed by atoms with Gasteiger partial charge in [0.15, 0.2) is 0 Å². The van der Waals surface area contributed by atoms with Gasteiger partial charge in [-0.15, -0.1) is 0 Å².